The summed E-state index contributed by atoms with van der Waals surface area (Å²) in [7, 11) is 0. The summed E-state index contributed by atoms with van der Waals surface area (Å²) in [6, 6.07) is 6.98. The molecule has 2 rings (SSSR count). The predicted octanol–water partition coefficient (Wildman–Crippen LogP) is 5.85. The molecule has 2 N–H and O–H groups in total. The average Bonchev–Trinajstić information content (AvgIpc) is 2.34. The Morgan fingerprint density at radius 3 is 2.33 bits per heavy atom. The molecule has 7 heteroatoms. The second-order valence-corrected chi connectivity index (χ2v) is 6.05. The van der Waals surface area contributed by atoms with Crippen LogP contribution < -0.4 is 10.6 Å². The highest BCUT2D eigenvalue weighted by molar-refractivity contribution is 9.10. The summed E-state index contributed by atoms with van der Waals surface area (Å²) in [4.78, 5) is 11.9. The van der Waals surface area contributed by atoms with Crippen molar-refractivity contribution in [2.75, 3.05) is 10.6 Å². The first kappa shape index (κ1) is 16.1. The number of aryl methyl sites for hydroxylation is 1. The largest absolute Gasteiger partial charge is 0.323 e. The average molecular weight is 392 g/mol. The lowest BCUT2D eigenvalue weighted by Gasteiger charge is -2.11. The van der Waals surface area contributed by atoms with E-state index >= 15 is 0 Å². The van der Waals surface area contributed by atoms with Gasteiger partial charge in [0.15, 0.2) is 0 Å². The molecule has 0 atom stereocenters. The molecule has 0 aliphatic carbocycles. The van der Waals surface area contributed by atoms with Gasteiger partial charge in [0.25, 0.3) is 0 Å². The van der Waals surface area contributed by atoms with Gasteiger partial charge in [-0.15, -0.1) is 0 Å². The molecule has 21 heavy (non-hydrogen) atoms. The maximum Gasteiger partial charge on any atom is 0.323 e. The number of benzene rings is 2. The lowest BCUT2D eigenvalue weighted by molar-refractivity contribution is 0.262. The van der Waals surface area contributed by atoms with E-state index in [9.17, 15) is 9.18 Å². The molecule has 2 aromatic carbocycles. The third-order valence-electron chi connectivity index (χ3n) is 2.64. The lowest BCUT2D eigenvalue weighted by atomic mass is 10.2. The van der Waals surface area contributed by atoms with Crippen LogP contribution in [0.4, 0.5) is 20.6 Å². The van der Waals surface area contributed by atoms with Crippen LogP contribution in [0.2, 0.25) is 10.0 Å². The van der Waals surface area contributed by atoms with E-state index in [4.69, 9.17) is 23.2 Å². The molecular formula is C14H10BrCl2FN2O. The monoisotopic (exact) mass is 390 g/mol. The Morgan fingerprint density at radius 2 is 1.71 bits per heavy atom. The molecule has 0 aliphatic heterocycles. The molecule has 0 saturated heterocycles. The molecule has 3 nitrogen and oxygen atoms in total. The van der Waals surface area contributed by atoms with Gasteiger partial charge in [-0.2, -0.15) is 0 Å². The number of hydrogen-bond acceptors (Lipinski definition) is 1. The zero-order chi connectivity index (χ0) is 15.6. The minimum Gasteiger partial charge on any atom is -0.308 e. The van der Waals surface area contributed by atoms with E-state index < -0.39 is 11.8 Å². The van der Waals surface area contributed by atoms with E-state index in [2.05, 4.69) is 26.6 Å². The maximum absolute atomic E-state index is 13.5. The number of amides is 2. The van der Waals surface area contributed by atoms with Crippen molar-refractivity contribution in [2.24, 2.45) is 0 Å². The highest BCUT2D eigenvalue weighted by Gasteiger charge is 2.09. The number of anilines is 2. The van der Waals surface area contributed by atoms with E-state index in [1.165, 1.54) is 6.07 Å². The van der Waals surface area contributed by atoms with Gasteiger partial charge in [0.1, 0.15) is 5.82 Å². The zero-order valence-electron chi connectivity index (χ0n) is 10.8. The van der Waals surface area contributed by atoms with Gasteiger partial charge in [-0.1, -0.05) is 23.2 Å². The van der Waals surface area contributed by atoms with Crippen molar-refractivity contribution >= 4 is 56.5 Å². The van der Waals surface area contributed by atoms with E-state index in [0.717, 1.165) is 5.56 Å². The summed E-state index contributed by atoms with van der Waals surface area (Å²) in [5.74, 6) is -0.457. The lowest BCUT2D eigenvalue weighted by Crippen LogP contribution is -2.20. The van der Waals surface area contributed by atoms with E-state index in [0.29, 0.717) is 25.9 Å². The standard InChI is InChI=1S/C14H10BrCl2FN2O/c1-7-2-11(15)12(18)6-13(7)20-14(21)19-10-4-8(16)3-9(17)5-10/h2-6H,1H3,(H2,19,20,21). The minimum absolute atomic E-state index is 0.340. The van der Waals surface area contributed by atoms with Crippen LogP contribution in [0.5, 0.6) is 0 Å². The molecule has 0 saturated carbocycles. The molecule has 2 aromatic rings. The molecule has 0 aliphatic rings. The molecule has 0 heterocycles. The van der Waals surface area contributed by atoms with Crippen LogP contribution in [0.15, 0.2) is 34.8 Å². The summed E-state index contributed by atoms with van der Waals surface area (Å²) in [5, 5.41) is 5.96. The maximum atomic E-state index is 13.5. The van der Waals surface area contributed by atoms with Crippen molar-refractivity contribution in [1.82, 2.24) is 0 Å². The summed E-state index contributed by atoms with van der Waals surface area (Å²) in [6.07, 6.45) is 0. The first-order valence-corrected chi connectivity index (χ1v) is 7.40. The molecule has 0 aromatic heterocycles. The first-order valence-electron chi connectivity index (χ1n) is 5.85. The van der Waals surface area contributed by atoms with Crippen LogP contribution in [0, 0.1) is 12.7 Å². The fourth-order valence-electron chi connectivity index (χ4n) is 1.69. The Bertz CT molecular complexity index is 689. The Hall–Kier alpha value is -1.30. The zero-order valence-corrected chi connectivity index (χ0v) is 13.9. The van der Waals surface area contributed by atoms with Gasteiger partial charge in [0.05, 0.1) is 4.47 Å². The Kier molecular flexibility index (Phi) is 5.08. The van der Waals surface area contributed by atoms with Gasteiger partial charge in [0, 0.05) is 21.4 Å². The van der Waals surface area contributed by atoms with Gasteiger partial charge in [-0.25, -0.2) is 9.18 Å². The van der Waals surface area contributed by atoms with Crippen molar-refractivity contribution < 1.29 is 9.18 Å². The quantitative estimate of drug-likeness (QED) is 0.662. The molecular weight excluding hydrogens is 382 g/mol. The Morgan fingerprint density at radius 1 is 1.10 bits per heavy atom. The van der Waals surface area contributed by atoms with Crippen LogP contribution in [-0.2, 0) is 0 Å². The predicted molar refractivity (Wildman–Crippen MR) is 87.9 cm³/mol. The normalized spacial score (nSPS) is 10.3. The van der Waals surface area contributed by atoms with Gasteiger partial charge in [0.2, 0.25) is 0 Å². The van der Waals surface area contributed by atoms with Crippen molar-refractivity contribution in [3.8, 4) is 0 Å². The van der Waals surface area contributed by atoms with Gasteiger partial charge < -0.3 is 10.6 Å². The van der Waals surface area contributed by atoms with Crippen LogP contribution in [-0.4, -0.2) is 6.03 Å². The second-order valence-electron chi connectivity index (χ2n) is 4.32. The summed E-state index contributed by atoms with van der Waals surface area (Å²) in [5.41, 5.74) is 1.55. The summed E-state index contributed by atoms with van der Waals surface area (Å²) in [6.45, 7) is 1.76. The molecule has 110 valence electrons. The number of rotatable bonds is 2. The topological polar surface area (TPSA) is 41.1 Å². The van der Waals surface area contributed by atoms with E-state index in [1.54, 1.807) is 31.2 Å². The van der Waals surface area contributed by atoms with Gasteiger partial charge in [-0.3, -0.25) is 0 Å². The van der Waals surface area contributed by atoms with Crippen LogP contribution in [0.1, 0.15) is 5.56 Å². The highest BCUT2D eigenvalue weighted by atomic mass is 79.9. The van der Waals surface area contributed by atoms with E-state index in [1.807, 2.05) is 0 Å². The molecule has 0 bridgehead atoms. The van der Waals surface area contributed by atoms with Crippen molar-refractivity contribution in [1.29, 1.82) is 0 Å². The smallest absolute Gasteiger partial charge is 0.308 e. The third-order valence-corrected chi connectivity index (χ3v) is 3.68. The van der Waals surface area contributed by atoms with Crippen molar-refractivity contribution in [3.63, 3.8) is 0 Å². The second kappa shape index (κ2) is 6.64. The molecule has 2 amide bonds. The first-order chi connectivity index (χ1) is 9.85. The summed E-state index contributed by atoms with van der Waals surface area (Å²) >= 11 is 14.8. The van der Waals surface area contributed by atoms with Gasteiger partial charge in [-0.05, 0) is 58.7 Å². The molecule has 0 spiro atoms. The minimum atomic E-state index is -0.516. The molecule has 0 fully saturated rings. The van der Waals surface area contributed by atoms with Gasteiger partial charge >= 0.3 is 6.03 Å². The number of urea groups is 1. The van der Waals surface area contributed by atoms with Crippen LogP contribution in [0.3, 0.4) is 0 Å². The third kappa shape index (κ3) is 4.33. The number of nitrogens with one attached hydrogen (secondary N) is 2. The fraction of sp³-hybridized carbons (Fsp3) is 0.0714. The SMILES string of the molecule is Cc1cc(Br)c(F)cc1NC(=O)Nc1cc(Cl)cc(Cl)c1. The number of carbonyl (C=O) groups is 1. The van der Waals surface area contributed by atoms with E-state index in [-0.39, 0.29) is 0 Å². The molecule has 0 unspecified atom stereocenters. The highest BCUT2D eigenvalue weighted by Crippen LogP contribution is 2.25. The van der Waals surface area contributed by atoms with Crippen molar-refractivity contribution in [3.05, 3.63) is 56.2 Å². The fourth-order valence-corrected chi connectivity index (χ4v) is 2.68. The Labute approximate surface area is 139 Å². The van der Waals surface area contributed by atoms with Crippen molar-refractivity contribution in [2.45, 2.75) is 6.92 Å². The number of halogens is 4. The molecule has 0 radical (unpaired) electrons. The number of carbonyl (C=O) groups excluding carboxylic acids is 1. The number of hydrogen-bond donors (Lipinski definition) is 2. The van der Waals surface area contributed by atoms with Crippen LogP contribution in [0.25, 0.3) is 0 Å². The summed E-state index contributed by atoms with van der Waals surface area (Å²) < 4.78 is 13.8. The van der Waals surface area contributed by atoms with Crippen LogP contribution >= 0.6 is 39.1 Å². The Balaban J connectivity index is 2.13.